The molecule has 0 fully saturated rings. The Labute approximate surface area is 235 Å². The Morgan fingerprint density at radius 3 is 2.50 bits per heavy atom. The third kappa shape index (κ3) is 6.27. The van der Waals surface area contributed by atoms with Gasteiger partial charge in [-0.05, 0) is 67.1 Å². The van der Waals surface area contributed by atoms with Crippen LogP contribution in [0.3, 0.4) is 0 Å². The molecule has 12 heteroatoms. The summed E-state index contributed by atoms with van der Waals surface area (Å²) < 4.78 is 49.6. The maximum Gasteiger partial charge on any atom is 0.416 e. The number of amides is 1. The van der Waals surface area contributed by atoms with Crippen molar-refractivity contribution in [3.05, 3.63) is 89.7 Å². The van der Waals surface area contributed by atoms with Gasteiger partial charge in [0.25, 0.3) is 0 Å². The lowest BCUT2D eigenvalue weighted by molar-refractivity contribution is -0.137. The van der Waals surface area contributed by atoms with E-state index in [4.69, 9.17) is 21.1 Å². The Kier molecular flexibility index (Phi) is 7.76. The molecule has 5 aromatic rings. The lowest BCUT2D eigenvalue weighted by atomic mass is 10.1. The Morgan fingerprint density at radius 2 is 1.77 bits per heavy atom. The van der Waals surface area contributed by atoms with Gasteiger partial charge in [0.15, 0.2) is 0 Å². The Morgan fingerprint density at radius 1 is 1.00 bits per heavy atom. The van der Waals surface area contributed by atoms with E-state index in [1.165, 1.54) is 29.8 Å². The summed E-state index contributed by atoms with van der Waals surface area (Å²) in [4.78, 5) is 22.1. The number of nitrogens with zero attached hydrogens (tertiary/aromatic N) is 2. The van der Waals surface area contributed by atoms with E-state index in [1.54, 1.807) is 37.3 Å². The zero-order valence-electron chi connectivity index (χ0n) is 20.8. The third-order valence-electron chi connectivity index (χ3n) is 5.60. The number of nitrogens with one attached hydrogen (secondary N) is 2. The van der Waals surface area contributed by atoms with Crippen LogP contribution < -0.4 is 15.4 Å². The van der Waals surface area contributed by atoms with Gasteiger partial charge in [-0.25, -0.2) is 14.8 Å². The quantitative estimate of drug-likeness (QED) is 0.198. The topological polar surface area (TPSA) is 85.4 Å². The number of benzene rings is 3. The fourth-order valence-corrected chi connectivity index (χ4v) is 4.98. The number of anilines is 3. The maximum atomic E-state index is 13.0. The van der Waals surface area contributed by atoms with Gasteiger partial charge in [-0.3, -0.25) is 5.32 Å². The second-order valence-corrected chi connectivity index (χ2v) is 9.81. The molecule has 0 atom stereocenters. The number of aromatic nitrogens is 2. The molecule has 0 bridgehead atoms. The van der Waals surface area contributed by atoms with Crippen LogP contribution in [-0.4, -0.2) is 22.7 Å². The van der Waals surface area contributed by atoms with E-state index in [0.29, 0.717) is 17.2 Å². The Hall–Kier alpha value is -4.35. The number of thiophene rings is 1. The molecule has 0 aliphatic heterocycles. The molecule has 204 valence electrons. The van der Waals surface area contributed by atoms with Crippen LogP contribution in [0.25, 0.3) is 20.7 Å². The van der Waals surface area contributed by atoms with E-state index in [-0.39, 0.29) is 23.1 Å². The summed E-state index contributed by atoms with van der Waals surface area (Å²) in [6, 6.07) is 18.7. The van der Waals surface area contributed by atoms with Gasteiger partial charge in [0, 0.05) is 16.3 Å². The number of carbonyl (C=O) groups is 1. The van der Waals surface area contributed by atoms with Crippen molar-refractivity contribution in [2.75, 3.05) is 17.2 Å². The number of carbonyl (C=O) groups excluding carboxylic acids is 1. The second-order valence-electron chi connectivity index (χ2n) is 8.37. The molecule has 0 saturated carbocycles. The Bertz CT molecular complexity index is 1680. The SMILES string of the molecule is CCOC(=O)Nc1ccc(-c2cc3c(Nc4ccc(Oc5cccc(C(F)(F)F)c5)c(Cl)c4)ncnc3s2)cc1. The molecular formula is C28H20ClF3N4O3S. The summed E-state index contributed by atoms with van der Waals surface area (Å²) in [5.41, 5.74) is 1.33. The molecule has 0 aliphatic carbocycles. The van der Waals surface area contributed by atoms with Gasteiger partial charge in [-0.15, -0.1) is 11.3 Å². The summed E-state index contributed by atoms with van der Waals surface area (Å²) in [6.45, 7) is 2.02. The monoisotopic (exact) mass is 584 g/mol. The normalized spacial score (nSPS) is 11.3. The van der Waals surface area contributed by atoms with Gasteiger partial charge in [-0.1, -0.05) is 29.8 Å². The molecular weight excluding hydrogens is 565 g/mol. The molecule has 5 rings (SSSR count). The minimum atomic E-state index is -4.48. The first-order chi connectivity index (χ1) is 19.2. The first kappa shape index (κ1) is 27.2. The van der Waals surface area contributed by atoms with Crippen LogP contribution in [0, 0.1) is 0 Å². The molecule has 2 heterocycles. The minimum absolute atomic E-state index is 0.0189. The van der Waals surface area contributed by atoms with Crippen LogP contribution in [0.15, 0.2) is 79.1 Å². The molecule has 0 radical (unpaired) electrons. The fourth-order valence-electron chi connectivity index (χ4n) is 3.76. The van der Waals surface area contributed by atoms with Crippen LogP contribution in [0.1, 0.15) is 12.5 Å². The zero-order valence-corrected chi connectivity index (χ0v) is 22.3. The third-order valence-corrected chi connectivity index (χ3v) is 6.99. The van der Waals surface area contributed by atoms with Gasteiger partial charge in [0.05, 0.1) is 22.6 Å². The maximum absolute atomic E-state index is 13.0. The standard InChI is InChI=1S/C28H20ClF3N4O3S/c1-2-38-27(37)36-18-8-6-16(7-9-18)24-14-21-25(33-15-34-26(21)40-24)35-19-10-11-23(22(29)13-19)39-20-5-3-4-17(12-20)28(30,31)32/h3-15H,2H2,1H3,(H,36,37)(H,33,34,35). The van der Waals surface area contributed by atoms with Crippen LogP contribution in [-0.2, 0) is 10.9 Å². The average molecular weight is 585 g/mol. The number of halogens is 4. The van der Waals surface area contributed by atoms with Crippen LogP contribution in [0.5, 0.6) is 11.5 Å². The predicted molar refractivity (Wildman–Crippen MR) is 150 cm³/mol. The van der Waals surface area contributed by atoms with Gasteiger partial charge in [0.2, 0.25) is 0 Å². The summed E-state index contributed by atoms with van der Waals surface area (Å²) in [5.74, 6) is 0.777. The van der Waals surface area contributed by atoms with Crippen molar-refractivity contribution in [1.82, 2.24) is 9.97 Å². The number of rotatable bonds is 7. The highest BCUT2D eigenvalue weighted by molar-refractivity contribution is 7.21. The highest BCUT2D eigenvalue weighted by atomic mass is 35.5. The minimum Gasteiger partial charge on any atom is -0.456 e. The highest BCUT2D eigenvalue weighted by Gasteiger charge is 2.30. The fraction of sp³-hybridized carbons (Fsp3) is 0.107. The Balaban J connectivity index is 1.33. The average Bonchev–Trinajstić information content (AvgIpc) is 3.36. The van der Waals surface area contributed by atoms with E-state index >= 15 is 0 Å². The first-order valence-corrected chi connectivity index (χ1v) is 13.1. The van der Waals surface area contributed by atoms with Crippen molar-refractivity contribution in [2.24, 2.45) is 0 Å². The van der Waals surface area contributed by atoms with Gasteiger partial charge in [0.1, 0.15) is 28.5 Å². The number of alkyl halides is 3. The van der Waals surface area contributed by atoms with E-state index in [2.05, 4.69) is 20.6 Å². The number of ether oxygens (including phenoxy) is 2. The van der Waals surface area contributed by atoms with Crippen molar-refractivity contribution in [2.45, 2.75) is 13.1 Å². The smallest absolute Gasteiger partial charge is 0.416 e. The molecule has 2 aromatic heterocycles. The summed E-state index contributed by atoms with van der Waals surface area (Å²) in [5, 5.41) is 6.87. The first-order valence-electron chi connectivity index (χ1n) is 11.9. The van der Waals surface area contributed by atoms with Crippen LogP contribution in [0.2, 0.25) is 5.02 Å². The molecule has 7 nitrogen and oxygen atoms in total. The van der Waals surface area contributed by atoms with E-state index in [0.717, 1.165) is 32.8 Å². The van der Waals surface area contributed by atoms with E-state index in [1.807, 2.05) is 18.2 Å². The summed E-state index contributed by atoms with van der Waals surface area (Å²) in [6.07, 6.45) is -3.55. The van der Waals surface area contributed by atoms with Crippen molar-refractivity contribution in [3.8, 4) is 21.9 Å². The largest absolute Gasteiger partial charge is 0.456 e. The van der Waals surface area contributed by atoms with Crippen molar-refractivity contribution in [3.63, 3.8) is 0 Å². The van der Waals surface area contributed by atoms with E-state index < -0.39 is 17.8 Å². The molecule has 3 aromatic carbocycles. The number of fused-ring (bicyclic) bond motifs is 1. The van der Waals surface area contributed by atoms with Crippen molar-refractivity contribution < 1.29 is 27.4 Å². The molecule has 0 spiro atoms. The lowest BCUT2D eigenvalue weighted by Gasteiger charge is -2.12. The number of hydrogen-bond acceptors (Lipinski definition) is 7. The van der Waals surface area contributed by atoms with Gasteiger partial charge < -0.3 is 14.8 Å². The van der Waals surface area contributed by atoms with Gasteiger partial charge in [-0.2, -0.15) is 13.2 Å². The predicted octanol–water partition coefficient (Wildman–Crippen LogP) is 9.13. The molecule has 2 N–H and O–H groups in total. The molecule has 1 amide bonds. The van der Waals surface area contributed by atoms with Crippen molar-refractivity contribution >= 4 is 56.4 Å². The summed E-state index contributed by atoms with van der Waals surface area (Å²) in [7, 11) is 0. The van der Waals surface area contributed by atoms with Crippen LogP contribution >= 0.6 is 22.9 Å². The lowest BCUT2D eigenvalue weighted by Crippen LogP contribution is -2.12. The van der Waals surface area contributed by atoms with Gasteiger partial charge >= 0.3 is 12.3 Å². The zero-order chi connectivity index (χ0) is 28.3. The second kappa shape index (κ2) is 11.4. The van der Waals surface area contributed by atoms with E-state index in [9.17, 15) is 18.0 Å². The number of hydrogen-bond donors (Lipinski definition) is 2. The molecule has 40 heavy (non-hydrogen) atoms. The van der Waals surface area contributed by atoms with Crippen molar-refractivity contribution in [1.29, 1.82) is 0 Å². The summed E-state index contributed by atoms with van der Waals surface area (Å²) >= 11 is 7.87. The molecule has 0 unspecified atom stereocenters. The molecule has 0 aliphatic rings. The van der Waals surface area contributed by atoms with Crippen LogP contribution in [0.4, 0.5) is 35.2 Å². The molecule has 0 saturated heterocycles. The highest BCUT2D eigenvalue weighted by Crippen LogP contribution is 2.38.